The smallest absolute Gasteiger partial charge is 0.248 e. The SMILES string of the molecule is Cc1ccc([C@@H](N[C@H](C)C(=O)Nc2ccc(C(N)=O)cc2)c2ccccc2)cc1. The molecule has 0 unspecified atom stereocenters. The van der Waals surface area contributed by atoms with Crippen LogP contribution in [0.15, 0.2) is 78.9 Å². The quantitative estimate of drug-likeness (QED) is 0.576. The lowest BCUT2D eigenvalue weighted by atomic mass is 9.97. The number of amides is 2. The molecule has 148 valence electrons. The molecule has 2 amide bonds. The van der Waals surface area contributed by atoms with Gasteiger partial charge in [-0.05, 0) is 49.2 Å². The van der Waals surface area contributed by atoms with E-state index >= 15 is 0 Å². The minimum Gasteiger partial charge on any atom is -0.366 e. The van der Waals surface area contributed by atoms with Crippen molar-refractivity contribution in [2.45, 2.75) is 25.9 Å². The van der Waals surface area contributed by atoms with Crippen LogP contribution < -0.4 is 16.4 Å². The highest BCUT2D eigenvalue weighted by Crippen LogP contribution is 2.23. The summed E-state index contributed by atoms with van der Waals surface area (Å²) in [5.74, 6) is -0.661. The molecule has 0 fully saturated rings. The lowest BCUT2D eigenvalue weighted by Gasteiger charge is -2.24. The largest absolute Gasteiger partial charge is 0.366 e. The number of primary amides is 1. The van der Waals surface area contributed by atoms with Gasteiger partial charge in [-0.15, -0.1) is 0 Å². The van der Waals surface area contributed by atoms with Crippen molar-refractivity contribution in [1.82, 2.24) is 5.32 Å². The number of hydrogen-bond acceptors (Lipinski definition) is 3. The molecular formula is C24H25N3O2. The van der Waals surface area contributed by atoms with E-state index in [0.29, 0.717) is 11.3 Å². The van der Waals surface area contributed by atoms with Crippen LogP contribution in [-0.2, 0) is 4.79 Å². The molecule has 29 heavy (non-hydrogen) atoms. The van der Waals surface area contributed by atoms with E-state index in [1.54, 1.807) is 24.3 Å². The van der Waals surface area contributed by atoms with Gasteiger partial charge in [-0.3, -0.25) is 14.9 Å². The first-order valence-corrected chi connectivity index (χ1v) is 9.52. The molecule has 3 aromatic rings. The molecule has 2 atom stereocenters. The summed E-state index contributed by atoms with van der Waals surface area (Å²) >= 11 is 0. The number of benzene rings is 3. The number of aryl methyl sites for hydroxylation is 1. The summed E-state index contributed by atoms with van der Waals surface area (Å²) in [6.07, 6.45) is 0. The Hall–Kier alpha value is -3.44. The highest BCUT2D eigenvalue weighted by molar-refractivity contribution is 5.96. The van der Waals surface area contributed by atoms with Crippen LogP contribution in [0.1, 0.15) is 40.0 Å². The maximum absolute atomic E-state index is 12.7. The third-order valence-electron chi connectivity index (χ3n) is 4.79. The highest BCUT2D eigenvalue weighted by Gasteiger charge is 2.21. The molecular weight excluding hydrogens is 362 g/mol. The van der Waals surface area contributed by atoms with Crippen molar-refractivity contribution in [3.05, 3.63) is 101 Å². The number of nitrogens with one attached hydrogen (secondary N) is 2. The molecule has 0 saturated heterocycles. The molecule has 5 heteroatoms. The van der Waals surface area contributed by atoms with Gasteiger partial charge in [0.1, 0.15) is 0 Å². The maximum Gasteiger partial charge on any atom is 0.248 e. The first kappa shape index (κ1) is 20.3. The second kappa shape index (κ2) is 9.17. The van der Waals surface area contributed by atoms with Crippen LogP contribution in [0.3, 0.4) is 0 Å². The average molecular weight is 387 g/mol. The van der Waals surface area contributed by atoms with E-state index in [4.69, 9.17) is 5.73 Å². The zero-order valence-electron chi connectivity index (χ0n) is 16.6. The van der Waals surface area contributed by atoms with Gasteiger partial charge in [0.05, 0.1) is 12.1 Å². The van der Waals surface area contributed by atoms with Crippen LogP contribution >= 0.6 is 0 Å². The van der Waals surface area contributed by atoms with Crippen molar-refractivity contribution in [2.75, 3.05) is 5.32 Å². The van der Waals surface area contributed by atoms with E-state index in [2.05, 4.69) is 34.9 Å². The van der Waals surface area contributed by atoms with Gasteiger partial charge in [0.2, 0.25) is 11.8 Å². The maximum atomic E-state index is 12.7. The van der Waals surface area contributed by atoms with Gasteiger partial charge >= 0.3 is 0 Å². The Morgan fingerprint density at radius 1 is 0.828 bits per heavy atom. The molecule has 3 aromatic carbocycles. The zero-order chi connectivity index (χ0) is 20.8. The standard InChI is InChI=1S/C24H25N3O2/c1-16-8-10-19(11-9-16)22(18-6-4-3-5-7-18)26-17(2)24(29)27-21-14-12-20(13-15-21)23(25)28/h3-15,17,22,26H,1-2H3,(H2,25,28)(H,27,29)/t17-,22+/m1/s1. The number of nitrogens with two attached hydrogens (primary N) is 1. The van der Waals surface area contributed by atoms with E-state index in [1.807, 2.05) is 44.2 Å². The molecule has 0 heterocycles. The van der Waals surface area contributed by atoms with E-state index in [0.717, 1.165) is 11.1 Å². The minimum absolute atomic E-state index is 0.116. The first-order valence-electron chi connectivity index (χ1n) is 9.52. The lowest BCUT2D eigenvalue weighted by Crippen LogP contribution is -2.40. The van der Waals surface area contributed by atoms with Gasteiger partial charge in [0.25, 0.3) is 0 Å². The summed E-state index contributed by atoms with van der Waals surface area (Å²) in [4.78, 5) is 23.9. The van der Waals surface area contributed by atoms with Gasteiger partial charge < -0.3 is 11.1 Å². The van der Waals surface area contributed by atoms with E-state index in [-0.39, 0.29) is 11.9 Å². The van der Waals surface area contributed by atoms with Gasteiger partial charge in [-0.25, -0.2) is 0 Å². The van der Waals surface area contributed by atoms with Crippen LogP contribution in [0.5, 0.6) is 0 Å². The fraction of sp³-hybridized carbons (Fsp3) is 0.167. The Kier molecular flexibility index (Phi) is 6.42. The number of rotatable bonds is 7. The zero-order valence-corrected chi connectivity index (χ0v) is 16.6. The molecule has 0 bridgehead atoms. The summed E-state index contributed by atoms with van der Waals surface area (Å²) in [6, 6.07) is 24.3. The predicted molar refractivity (Wildman–Crippen MR) is 116 cm³/mol. The Morgan fingerprint density at radius 2 is 1.41 bits per heavy atom. The second-order valence-corrected chi connectivity index (χ2v) is 7.07. The summed E-state index contributed by atoms with van der Waals surface area (Å²) in [7, 11) is 0. The molecule has 5 nitrogen and oxygen atoms in total. The number of carbonyl (C=O) groups excluding carboxylic acids is 2. The fourth-order valence-corrected chi connectivity index (χ4v) is 3.08. The highest BCUT2D eigenvalue weighted by atomic mass is 16.2. The molecule has 0 spiro atoms. The minimum atomic E-state index is -0.498. The Bertz CT molecular complexity index is 967. The van der Waals surface area contributed by atoms with Crippen molar-refractivity contribution in [3.8, 4) is 0 Å². The molecule has 0 radical (unpaired) electrons. The number of carbonyl (C=O) groups is 2. The Morgan fingerprint density at radius 3 is 2.00 bits per heavy atom. The molecule has 0 saturated carbocycles. The molecule has 4 N–H and O–H groups in total. The van der Waals surface area contributed by atoms with Gasteiger partial charge in [-0.1, -0.05) is 60.2 Å². The van der Waals surface area contributed by atoms with Crippen molar-refractivity contribution in [1.29, 1.82) is 0 Å². The third-order valence-corrected chi connectivity index (χ3v) is 4.79. The molecule has 0 aliphatic carbocycles. The normalized spacial score (nSPS) is 12.8. The number of hydrogen-bond donors (Lipinski definition) is 3. The van der Waals surface area contributed by atoms with Crippen LogP contribution in [0.25, 0.3) is 0 Å². The van der Waals surface area contributed by atoms with Crippen molar-refractivity contribution in [2.24, 2.45) is 5.73 Å². The van der Waals surface area contributed by atoms with Crippen LogP contribution in [0.4, 0.5) is 5.69 Å². The summed E-state index contributed by atoms with van der Waals surface area (Å²) in [5, 5.41) is 6.30. The van der Waals surface area contributed by atoms with E-state index < -0.39 is 11.9 Å². The third kappa shape index (κ3) is 5.30. The van der Waals surface area contributed by atoms with Crippen molar-refractivity contribution in [3.63, 3.8) is 0 Å². The first-order chi connectivity index (χ1) is 13.9. The lowest BCUT2D eigenvalue weighted by molar-refractivity contribution is -0.117. The summed E-state index contributed by atoms with van der Waals surface area (Å²) in [6.45, 7) is 3.88. The fourth-order valence-electron chi connectivity index (χ4n) is 3.08. The molecule has 0 aromatic heterocycles. The van der Waals surface area contributed by atoms with Crippen LogP contribution in [0.2, 0.25) is 0 Å². The van der Waals surface area contributed by atoms with Crippen LogP contribution in [-0.4, -0.2) is 17.9 Å². The van der Waals surface area contributed by atoms with Gasteiger partial charge in [0.15, 0.2) is 0 Å². The van der Waals surface area contributed by atoms with Gasteiger partial charge in [-0.2, -0.15) is 0 Å². The summed E-state index contributed by atoms with van der Waals surface area (Å²) in [5.41, 5.74) is 9.62. The van der Waals surface area contributed by atoms with Gasteiger partial charge in [0, 0.05) is 11.3 Å². The molecule has 0 aliphatic rings. The van der Waals surface area contributed by atoms with Crippen molar-refractivity contribution < 1.29 is 9.59 Å². The Labute approximate surface area is 170 Å². The van der Waals surface area contributed by atoms with E-state index in [9.17, 15) is 9.59 Å². The predicted octanol–water partition coefficient (Wildman–Crippen LogP) is 3.80. The van der Waals surface area contributed by atoms with Crippen LogP contribution in [0, 0.1) is 6.92 Å². The monoisotopic (exact) mass is 387 g/mol. The van der Waals surface area contributed by atoms with E-state index in [1.165, 1.54) is 5.56 Å². The second-order valence-electron chi connectivity index (χ2n) is 7.07. The molecule has 0 aliphatic heterocycles. The average Bonchev–Trinajstić information content (AvgIpc) is 2.73. The molecule has 3 rings (SSSR count). The Balaban J connectivity index is 1.75. The number of anilines is 1. The summed E-state index contributed by atoms with van der Waals surface area (Å²) < 4.78 is 0. The van der Waals surface area contributed by atoms with Crippen molar-refractivity contribution >= 4 is 17.5 Å². The topological polar surface area (TPSA) is 84.2 Å².